The van der Waals surface area contributed by atoms with Crippen molar-refractivity contribution in [3.8, 4) is 11.5 Å². The molecule has 2 heterocycles. The molecule has 3 aromatic carbocycles. The molecule has 1 fully saturated rings. The topological polar surface area (TPSA) is 98.8 Å². The van der Waals surface area contributed by atoms with Crippen LogP contribution in [0.25, 0.3) is 10.8 Å². The summed E-state index contributed by atoms with van der Waals surface area (Å²) >= 11 is 0. The van der Waals surface area contributed by atoms with Crippen LogP contribution in [0.2, 0.25) is 0 Å². The summed E-state index contributed by atoms with van der Waals surface area (Å²) in [5.41, 5.74) is 0.0539. The number of halogens is 3. The minimum Gasteiger partial charge on any atom is -0.457 e. The zero-order chi connectivity index (χ0) is 30.6. The van der Waals surface area contributed by atoms with Gasteiger partial charge in [0.2, 0.25) is 0 Å². The van der Waals surface area contributed by atoms with Crippen molar-refractivity contribution in [2.24, 2.45) is 0 Å². The van der Waals surface area contributed by atoms with Crippen molar-refractivity contribution in [3.63, 3.8) is 0 Å². The molecule has 0 saturated carbocycles. The number of nitrogens with one attached hydrogen (secondary N) is 3. The standard InChI is InChI=1S/C31H31F3N6O3/c1-35-29(41)27-18-22(11-12-36-27)43-28-10-9-26(23-5-3-4-6-24(23)28)38-30(42)37-21-8-7-20(25(17-21)31(32,33)34)19-40-15-13-39(2)14-16-40/h3-12,17-18H,13-16,19H2,1-2H3,(H,35,41)(H2,37,38,42). The predicted molar refractivity (Wildman–Crippen MR) is 159 cm³/mol. The molecule has 43 heavy (non-hydrogen) atoms. The molecule has 0 unspecified atom stereocenters. The lowest BCUT2D eigenvalue weighted by Gasteiger charge is -2.33. The molecule has 1 aliphatic heterocycles. The SMILES string of the molecule is CNC(=O)c1cc(Oc2ccc(NC(=O)Nc3ccc(CN4CCN(C)CC4)c(C(F)(F)F)c3)c3ccccc23)ccn1. The summed E-state index contributed by atoms with van der Waals surface area (Å²) in [6.45, 7) is 3.15. The Hall–Kier alpha value is -4.68. The van der Waals surface area contributed by atoms with E-state index in [0.29, 0.717) is 41.0 Å². The van der Waals surface area contributed by atoms with Gasteiger partial charge in [-0.3, -0.25) is 14.7 Å². The summed E-state index contributed by atoms with van der Waals surface area (Å²) in [5.74, 6) is 0.517. The molecule has 0 bridgehead atoms. The maximum atomic E-state index is 14.0. The van der Waals surface area contributed by atoms with Gasteiger partial charge in [0.05, 0.1) is 11.3 Å². The maximum absolute atomic E-state index is 14.0. The van der Waals surface area contributed by atoms with Crippen molar-refractivity contribution < 1.29 is 27.5 Å². The Labute approximate surface area is 246 Å². The van der Waals surface area contributed by atoms with Crippen LogP contribution >= 0.6 is 0 Å². The van der Waals surface area contributed by atoms with E-state index in [4.69, 9.17) is 4.74 Å². The number of amides is 3. The largest absolute Gasteiger partial charge is 0.457 e. The smallest absolute Gasteiger partial charge is 0.416 e. The van der Waals surface area contributed by atoms with E-state index in [9.17, 15) is 22.8 Å². The fraction of sp³-hybridized carbons (Fsp3) is 0.258. The zero-order valence-corrected chi connectivity index (χ0v) is 23.7. The van der Waals surface area contributed by atoms with Crippen molar-refractivity contribution >= 4 is 34.1 Å². The van der Waals surface area contributed by atoms with E-state index in [1.54, 1.807) is 30.3 Å². The molecule has 0 atom stereocenters. The van der Waals surface area contributed by atoms with Crippen LogP contribution in [0, 0.1) is 0 Å². The number of hydrogen-bond donors (Lipinski definition) is 3. The lowest BCUT2D eigenvalue weighted by Crippen LogP contribution is -2.44. The number of nitrogens with zero attached hydrogens (tertiary/aromatic N) is 3. The van der Waals surface area contributed by atoms with Gasteiger partial charge in [0.1, 0.15) is 17.2 Å². The van der Waals surface area contributed by atoms with Crippen molar-refractivity contribution in [1.82, 2.24) is 20.1 Å². The first-order valence-corrected chi connectivity index (χ1v) is 13.7. The molecule has 224 valence electrons. The van der Waals surface area contributed by atoms with E-state index in [0.717, 1.165) is 19.2 Å². The molecule has 12 heteroatoms. The summed E-state index contributed by atoms with van der Waals surface area (Å²) in [6, 6.07) is 16.8. The number of aromatic nitrogens is 1. The molecule has 1 saturated heterocycles. The third kappa shape index (κ3) is 7.22. The Morgan fingerprint density at radius 1 is 0.930 bits per heavy atom. The molecule has 0 aliphatic carbocycles. The highest BCUT2D eigenvalue weighted by Gasteiger charge is 2.34. The van der Waals surface area contributed by atoms with Gasteiger partial charge < -0.3 is 25.6 Å². The molecule has 9 nitrogen and oxygen atoms in total. The summed E-state index contributed by atoms with van der Waals surface area (Å²) in [6.07, 6.45) is -3.11. The Balaban J connectivity index is 1.32. The van der Waals surface area contributed by atoms with Crippen molar-refractivity contribution in [1.29, 1.82) is 0 Å². The van der Waals surface area contributed by atoms with Crippen LogP contribution in [-0.2, 0) is 12.7 Å². The first-order chi connectivity index (χ1) is 20.6. The van der Waals surface area contributed by atoms with Crippen LogP contribution in [0.3, 0.4) is 0 Å². The van der Waals surface area contributed by atoms with Gasteiger partial charge in [0, 0.05) is 68.5 Å². The monoisotopic (exact) mass is 592 g/mol. The van der Waals surface area contributed by atoms with Crippen LogP contribution in [-0.4, -0.2) is 67.0 Å². The Morgan fingerprint density at radius 2 is 1.67 bits per heavy atom. The average Bonchev–Trinajstić information content (AvgIpc) is 2.99. The number of alkyl halides is 3. The number of urea groups is 1. The van der Waals surface area contributed by atoms with E-state index >= 15 is 0 Å². The summed E-state index contributed by atoms with van der Waals surface area (Å²) in [4.78, 5) is 33.1. The second-order valence-electron chi connectivity index (χ2n) is 10.2. The molecule has 3 N–H and O–H groups in total. The minimum absolute atomic E-state index is 0.0285. The predicted octanol–water partition coefficient (Wildman–Crippen LogP) is 5.80. The molecule has 0 radical (unpaired) electrons. The molecular formula is C31H31F3N6O3. The molecule has 4 aromatic rings. The highest BCUT2D eigenvalue weighted by molar-refractivity contribution is 6.07. The van der Waals surface area contributed by atoms with Crippen molar-refractivity contribution in [2.45, 2.75) is 12.7 Å². The fourth-order valence-corrected chi connectivity index (χ4v) is 4.91. The summed E-state index contributed by atoms with van der Waals surface area (Å²) in [7, 11) is 3.50. The maximum Gasteiger partial charge on any atom is 0.416 e. The second-order valence-corrected chi connectivity index (χ2v) is 10.2. The van der Waals surface area contributed by atoms with Crippen LogP contribution in [0.4, 0.5) is 29.3 Å². The van der Waals surface area contributed by atoms with Crippen LogP contribution < -0.4 is 20.7 Å². The normalized spacial score (nSPS) is 14.3. The Bertz CT molecular complexity index is 1640. The van der Waals surface area contributed by atoms with E-state index < -0.39 is 17.8 Å². The number of anilines is 2. The third-order valence-corrected chi connectivity index (χ3v) is 7.21. The minimum atomic E-state index is -4.57. The number of likely N-dealkylation sites (N-methyl/N-ethyl adjacent to an activating group) is 1. The van der Waals surface area contributed by atoms with Crippen LogP contribution in [0.1, 0.15) is 21.6 Å². The van der Waals surface area contributed by atoms with Crippen LogP contribution in [0.5, 0.6) is 11.5 Å². The first-order valence-electron chi connectivity index (χ1n) is 13.7. The number of ether oxygens (including phenoxy) is 1. The highest BCUT2D eigenvalue weighted by Crippen LogP contribution is 2.36. The molecule has 3 amide bonds. The van der Waals surface area contributed by atoms with E-state index in [-0.39, 0.29) is 29.4 Å². The zero-order valence-electron chi connectivity index (χ0n) is 23.7. The fourth-order valence-electron chi connectivity index (χ4n) is 4.91. The summed E-state index contributed by atoms with van der Waals surface area (Å²) < 4.78 is 48.0. The average molecular weight is 593 g/mol. The number of carbonyl (C=O) groups excluding carboxylic acids is 2. The van der Waals surface area contributed by atoms with Gasteiger partial charge in [0.15, 0.2) is 0 Å². The molecule has 1 aliphatic rings. The summed E-state index contributed by atoms with van der Waals surface area (Å²) in [5, 5.41) is 9.10. The molecule has 1 aromatic heterocycles. The van der Waals surface area contributed by atoms with E-state index in [2.05, 4.69) is 25.8 Å². The number of fused-ring (bicyclic) bond motifs is 1. The molecular weight excluding hydrogens is 561 g/mol. The highest BCUT2D eigenvalue weighted by atomic mass is 19.4. The lowest BCUT2D eigenvalue weighted by atomic mass is 10.0. The number of piperazine rings is 1. The van der Waals surface area contributed by atoms with Crippen molar-refractivity contribution in [3.05, 3.63) is 89.7 Å². The van der Waals surface area contributed by atoms with E-state index in [1.807, 2.05) is 24.1 Å². The van der Waals surface area contributed by atoms with Crippen LogP contribution in [0.15, 0.2) is 72.9 Å². The molecule has 0 spiro atoms. The molecule has 5 rings (SSSR count). The van der Waals surface area contributed by atoms with Gasteiger partial charge in [-0.15, -0.1) is 0 Å². The van der Waals surface area contributed by atoms with Gasteiger partial charge in [-0.05, 0) is 42.9 Å². The lowest BCUT2D eigenvalue weighted by molar-refractivity contribution is -0.138. The van der Waals surface area contributed by atoms with Gasteiger partial charge in [-0.2, -0.15) is 13.2 Å². The van der Waals surface area contributed by atoms with Gasteiger partial charge in [-0.1, -0.05) is 30.3 Å². The number of hydrogen-bond acceptors (Lipinski definition) is 6. The van der Waals surface area contributed by atoms with E-state index in [1.165, 1.54) is 31.4 Å². The third-order valence-electron chi connectivity index (χ3n) is 7.21. The number of benzene rings is 3. The first kappa shape index (κ1) is 29.8. The van der Waals surface area contributed by atoms with Crippen molar-refractivity contribution in [2.75, 3.05) is 50.9 Å². The Kier molecular flexibility index (Phi) is 8.78. The number of carbonyl (C=O) groups is 2. The Morgan fingerprint density at radius 3 is 2.40 bits per heavy atom. The second kappa shape index (κ2) is 12.7. The van der Waals surface area contributed by atoms with Gasteiger partial charge >= 0.3 is 12.2 Å². The van der Waals surface area contributed by atoms with Gasteiger partial charge in [0.25, 0.3) is 5.91 Å². The number of rotatable bonds is 7. The van der Waals surface area contributed by atoms with Gasteiger partial charge in [-0.25, -0.2) is 4.79 Å². The quantitative estimate of drug-likeness (QED) is 0.251. The number of pyridine rings is 1.